The van der Waals surface area contributed by atoms with Crippen molar-refractivity contribution in [3.05, 3.63) is 58.0 Å². The van der Waals surface area contributed by atoms with Gasteiger partial charge in [-0.2, -0.15) is 0 Å². The number of thioether (sulfide) groups is 1. The van der Waals surface area contributed by atoms with Crippen LogP contribution < -0.4 is 14.8 Å². The van der Waals surface area contributed by atoms with Crippen LogP contribution >= 0.6 is 11.8 Å². The quantitative estimate of drug-likeness (QED) is 0.515. The molecule has 2 N–H and O–H groups in total. The molecular formula is C24H24N2O7S. The van der Waals surface area contributed by atoms with Crippen LogP contribution in [0.15, 0.2) is 41.3 Å². The number of aryl methyl sites for hydroxylation is 2. The molecule has 10 heteroatoms. The molecule has 34 heavy (non-hydrogen) atoms. The van der Waals surface area contributed by atoms with E-state index in [9.17, 15) is 19.2 Å². The summed E-state index contributed by atoms with van der Waals surface area (Å²) in [6, 6.07) is 10.3. The fourth-order valence-electron chi connectivity index (χ4n) is 3.14. The van der Waals surface area contributed by atoms with E-state index in [1.807, 2.05) is 26.0 Å². The van der Waals surface area contributed by atoms with E-state index in [4.69, 9.17) is 14.6 Å². The zero-order valence-electron chi connectivity index (χ0n) is 18.9. The number of nitrogens with zero attached hydrogens (tertiary/aromatic N) is 1. The summed E-state index contributed by atoms with van der Waals surface area (Å²) < 4.78 is 10.9. The van der Waals surface area contributed by atoms with Crippen LogP contribution in [0.5, 0.6) is 11.5 Å². The van der Waals surface area contributed by atoms with Crippen LogP contribution in [-0.4, -0.2) is 52.8 Å². The average molecular weight is 485 g/mol. The highest BCUT2D eigenvalue weighted by molar-refractivity contribution is 8.18. The Bertz CT molecular complexity index is 1180. The molecule has 3 rings (SSSR count). The van der Waals surface area contributed by atoms with Gasteiger partial charge in [0.25, 0.3) is 11.1 Å². The van der Waals surface area contributed by atoms with E-state index in [1.165, 1.54) is 6.08 Å². The zero-order valence-corrected chi connectivity index (χ0v) is 19.7. The monoisotopic (exact) mass is 484 g/mol. The summed E-state index contributed by atoms with van der Waals surface area (Å²) in [4.78, 5) is 49.7. The maximum Gasteiger partial charge on any atom is 0.341 e. The van der Waals surface area contributed by atoms with Gasteiger partial charge in [0.15, 0.2) is 18.1 Å². The lowest BCUT2D eigenvalue weighted by Crippen LogP contribution is -2.36. The minimum atomic E-state index is -1.17. The first kappa shape index (κ1) is 24.8. The first-order valence-corrected chi connectivity index (χ1v) is 11.2. The van der Waals surface area contributed by atoms with Crippen molar-refractivity contribution >= 4 is 46.5 Å². The highest BCUT2D eigenvalue weighted by Crippen LogP contribution is 2.37. The lowest BCUT2D eigenvalue weighted by molar-refractivity contribution is -0.139. The minimum absolute atomic E-state index is 0.0813. The number of hydrogen-bond acceptors (Lipinski definition) is 7. The zero-order chi connectivity index (χ0) is 24.8. The Morgan fingerprint density at radius 3 is 2.56 bits per heavy atom. The van der Waals surface area contributed by atoms with E-state index in [2.05, 4.69) is 5.32 Å². The first-order valence-electron chi connectivity index (χ1n) is 10.4. The van der Waals surface area contributed by atoms with Crippen molar-refractivity contribution in [2.24, 2.45) is 0 Å². The maximum absolute atomic E-state index is 12.9. The van der Waals surface area contributed by atoms with Crippen LogP contribution in [0.1, 0.15) is 23.6 Å². The van der Waals surface area contributed by atoms with Gasteiger partial charge >= 0.3 is 5.97 Å². The summed E-state index contributed by atoms with van der Waals surface area (Å²) in [5.74, 6) is -1.85. The summed E-state index contributed by atoms with van der Waals surface area (Å²) in [5.41, 5.74) is 3.03. The van der Waals surface area contributed by atoms with E-state index < -0.39 is 36.2 Å². The third-order valence-electron chi connectivity index (χ3n) is 4.90. The molecule has 0 atom stereocenters. The second-order valence-electron chi connectivity index (χ2n) is 7.40. The van der Waals surface area contributed by atoms with Crippen LogP contribution in [0.25, 0.3) is 6.08 Å². The number of carboxylic acid groups (broad SMARTS) is 1. The number of carbonyl (C=O) groups is 4. The van der Waals surface area contributed by atoms with Gasteiger partial charge in [0.2, 0.25) is 5.91 Å². The number of rotatable bonds is 9. The highest BCUT2D eigenvalue weighted by Gasteiger charge is 2.36. The second kappa shape index (κ2) is 10.9. The average Bonchev–Trinajstić information content (AvgIpc) is 3.03. The second-order valence-corrected chi connectivity index (χ2v) is 8.40. The third-order valence-corrected chi connectivity index (χ3v) is 5.81. The lowest BCUT2D eigenvalue weighted by atomic mass is 10.1. The molecule has 1 saturated heterocycles. The standard InChI is InChI=1S/C24H24N2O7S/c1-4-32-18-7-5-6-16(22(18)33-13-21(28)29)11-19-23(30)26(24(31)34-19)12-20(27)25-17-9-8-14(2)15(3)10-17/h5-11H,4,12-13H2,1-3H3,(H,25,27)(H,28,29)/b19-11-. The fourth-order valence-corrected chi connectivity index (χ4v) is 3.97. The normalized spacial score (nSPS) is 14.4. The summed E-state index contributed by atoms with van der Waals surface area (Å²) in [7, 11) is 0. The Labute approximate surface area is 200 Å². The number of anilines is 1. The number of carboxylic acids is 1. The van der Waals surface area contributed by atoms with E-state index in [0.29, 0.717) is 35.4 Å². The number of para-hydroxylation sites is 1. The van der Waals surface area contributed by atoms with Crippen LogP contribution in [0.4, 0.5) is 10.5 Å². The van der Waals surface area contributed by atoms with Gasteiger partial charge in [-0.05, 0) is 67.9 Å². The Morgan fingerprint density at radius 2 is 1.88 bits per heavy atom. The van der Waals surface area contributed by atoms with E-state index in [0.717, 1.165) is 16.0 Å². The van der Waals surface area contributed by atoms with Crippen molar-refractivity contribution < 1.29 is 33.8 Å². The summed E-state index contributed by atoms with van der Waals surface area (Å²) >= 11 is 0.687. The van der Waals surface area contributed by atoms with Crippen molar-refractivity contribution in [1.82, 2.24) is 4.90 Å². The van der Waals surface area contributed by atoms with Crippen molar-refractivity contribution in [3.8, 4) is 11.5 Å². The predicted octanol–water partition coefficient (Wildman–Crippen LogP) is 3.84. The highest BCUT2D eigenvalue weighted by atomic mass is 32.2. The molecule has 3 amide bonds. The SMILES string of the molecule is CCOc1cccc(/C=C2\SC(=O)N(CC(=O)Nc3ccc(C)c(C)c3)C2=O)c1OCC(=O)O. The predicted molar refractivity (Wildman–Crippen MR) is 128 cm³/mol. The first-order chi connectivity index (χ1) is 16.2. The smallest absolute Gasteiger partial charge is 0.341 e. The summed E-state index contributed by atoms with van der Waals surface area (Å²) in [5, 5.41) is 11.1. The molecule has 2 aromatic rings. The fraction of sp³-hybridized carbons (Fsp3) is 0.250. The topological polar surface area (TPSA) is 122 Å². The van der Waals surface area contributed by atoms with Gasteiger partial charge in [0, 0.05) is 11.3 Å². The molecule has 1 aliphatic heterocycles. The lowest BCUT2D eigenvalue weighted by Gasteiger charge is -2.14. The minimum Gasteiger partial charge on any atom is -0.490 e. The Hall–Kier alpha value is -3.79. The van der Waals surface area contributed by atoms with Gasteiger partial charge in [0.1, 0.15) is 6.54 Å². The van der Waals surface area contributed by atoms with E-state index in [1.54, 1.807) is 31.2 Å². The van der Waals surface area contributed by atoms with E-state index in [-0.39, 0.29) is 10.7 Å². The van der Waals surface area contributed by atoms with Gasteiger partial charge in [0.05, 0.1) is 11.5 Å². The number of imide groups is 1. The van der Waals surface area contributed by atoms with Gasteiger partial charge < -0.3 is 19.9 Å². The number of amides is 3. The number of ether oxygens (including phenoxy) is 2. The van der Waals surface area contributed by atoms with Crippen molar-refractivity contribution in [3.63, 3.8) is 0 Å². The van der Waals surface area contributed by atoms with Gasteiger partial charge in [-0.3, -0.25) is 19.3 Å². The number of nitrogens with one attached hydrogen (secondary N) is 1. The molecule has 0 bridgehead atoms. The molecule has 1 aliphatic rings. The van der Waals surface area contributed by atoms with Crippen LogP contribution in [0.3, 0.4) is 0 Å². The molecular weight excluding hydrogens is 460 g/mol. The third kappa shape index (κ3) is 5.96. The molecule has 1 heterocycles. The van der Waals surface area contributed by atoms with Gasteiger partial charge in [-0.15, -0.1) is 0 Å². The van der Waals surface area contributed by atoms with Crippen molar-refractivity contribution in [1.29, 1.82) is 0 Å². The number of carbonyl (C=O) groups excluding carboxylic acids is 3. The number of aliphatic carboxylic acids is 1. The van der Waals surface area contributed by atoms with E-state index >= 15 is 0 Å². The van der Waals surface area contributed by atoms with Crippen LogP contribution in [-0.2, 0) is 14.4 Å². The Kier molecular flexibility index (Phi) is 7.95. The van der Waals surface area contributed by atoms with Crippen LogP contribution in [0.2, 0.25) is 0 Å². The molecule has 0 spiro atoms. The Morgan fingerprint density at radius 1 is 1.12 bits per heavy atom. The molecule has 2 aromatic carbocycles. The van der Waals surface area contributed by atoms with Crippen molar-refractivity contribution in [2.75, 3.05) is 25.1 Å². The maximum atomic E-state index is 12.9. The van der Waals surface area contributed by atoms with Crippen molar-refractivity contribution in [2.45, 2.75) is 20.8 Å². The molecule has 0 radical (unpaired) electrons. The molecule has 0 aliphatic carbocycles. The molecule has 1 fully saturated rings. The number of benzene rings is 2. The molecule has 0 saturated carbocycles. The number of hydrogen-bond donors (Lipinski definition) is 2. The molecule has 9 nitrogen and oxygen atoms in total. The summed E-state index contributed by atoms with van der Waals surface area (Å²) in [6.07, 6.45) is 1.42. The van der Waals surface area contributed by atoms with Gasteiger partial charge in [-0.1, -0.05) is 18.2 Å². The molecule has 0 aromatic heterocycles. The van der Waals surface area contributed by atoms with Gasteiger partial charge in [-0.25, -0.2) is 4.79 Å². The largest absolute Gasteiger partial charge is 0.490 e. The molecule has 0 unspecified atom stereocenters. The molecule has 178 valence electrons. The summed E-state index contributed by atoms with van der Waals surface area (Å²) in [6.45, 7) is 4.92. The van der Waals surface area contributed by atoms with Crippen LogP contribution in [0, 0.1) is 13.8 Å². The Balaban J connectivity index is 1.78.